The first kappa shape index (κ1) is 24.6. The standard InChI is InChI=1S/C20H38BrNO3/c1-2-3-4-5-6-7-8-9-10-11-12-13-14-15-19(24)18(17-23)22-20(25)16-21/h14-15,18-19,23-24H,2-13,16-17H2,1H3,(H,22,25). The number of aliphatic hydroxyl groups excluding tert-OH is 2. The van der Waals surface area contributed by atoms with Crippen LogP contribution in [0.1, 0.15) is 84.0 Å². The lowest BCUT2D eigenvalue weighted by molar-refractivity contribution is -0.120. The molecule has 0 aromatic heterocycles. The second kappa shape index (κ2) is 18.4. The minimum atomic E-state index is -0.847. The van der Waals surface area contributed by atoms with Gasteiger partial charge in [-0.15, -0.1) is 0 Å². The predicted molar refractivity (Wildman–Crippen MR) is 109 cm³/mol. The monoisotopic (exact) mass is 419 g/mol. The van der Waals surface area contributed by atoms with Gasteiger partial charge in [-0.1, -0.05) is 99.2 Å². The van der Waals surface area contributed by atoms with E-state index in [-0.39, 0.29) is 17.8 Å². The van der Waals surface area contributed by atoms with E-state index in [1.807, 2.05) is 6.08 Å². The van der Waals surface area contributed by atoms with Gasteiger partial charge in [0.15, 0.2) is 0 Å². The number of halogens is 1. The number of unbranched alkanes of at least 4 members (excludes halogenated alkanes) is 11. The smallest absolute Gasteiger partial charge is 0.231 e. The summed E-state index contributed by atoms with van der Waals surface area (Å²) in [6.07, 6.45) is 18.3. The third-order valence-electron chi connectivity index (χ3n) is 4.38. The molecule has 5 heteroatoms. The molecule has 1 amide bonds. The molecule has 25 heavy (non-hydrogen) atoms. The first-order valence-electron chi connectivity index (χ1n) is 9.96. The van der Waals surface area contributed by atoms with Gasteiger partial charge in [-0.2, -0.15) is 0 Å². The van der Waals surface area contributed by atoms with E-state index in [0.717, 1.165) is 12.8 Å². The van der Waals surface area contributed by atoms with Crippen molar-refractivity contribution in [2.75, 3.05) is 11.9 Å². The van der Waals surface area contributed by atoms with Crippen molar-refractivity contribution in [3.63, 3.8) is 0 Å². The van der Waals surface area contributed by atoms with E-state index >= 15 is 0 Å². The van der Waals surface area contributed by atoms with Crippen LogP contribution in [0.25, 0.3) is 0 Å². The maximum Gasteiger partial charge on any atom is 0.231 e. The third kappa shape index (κ3) is 15.6. The fourth-order valence-corrected chi connectivity index (χ4v) is 2.94. The maximum absolute atomic E-state index is 11.3. The van der Waals surface area contributed by atoms with E-state index in [1.165, 1.54) is 64.2 Å². The van der Waals surface area contributed by atoms with Crippen molar-refractivity contribution in [3.8, 4) is 0 Å². The van der Waals surface area contributed by atoms with Crippen LogP contribution in [0.15, 0.2) is 12.2 Å². The van der Waals surface area contributed by atoms with Gasteiger partial charge in [0.2, 0.25) is 5.91 Å². The Morgan fingerprint density at radius 1 is 1.00 bits per heavy atom. The van der Waals surface area contributed by atoms with Crippen LogP contribution in [0.5, 0.6) is 0 Å². The van der Waals surface area contributed by atoms with Crippen LogP contribution < -0.4 is 5.32 Å². The van der Waals surface area contributed by atoms with Crippen LogP contribution in [0, 0.1) is 0 Å². The molecule has 0 bridgehead atoms. The lowest BCUT2D eigenvalue weighted by atomic mass is 10.0. The molecule has 2 atom stereocenters. The summed E-state index contributed by atoms with van der Waals surface area (Å²) in [4.78, 5) is 11.3. The number of hydrogen-bond donors (Lipinski definition) is 3. The lowest BCUT2D eigenvalue weighted by Gasteiger charge is -2.19. The van der Waals surface area contributed by atoms with Crippen LogP contribution in [0.4, 0.5) is 0 Å². The van der Waals surface area contributed by atoms with Crippen LogP contribution in [-0.2, 0) is 4.79 Å². The normalized spacial score (nSPS) is 13.9. The zero-order valence-electron chi connectivity index (χ0n) is 15.9. The lowest BCUT2D eigenvalue weighted by Crippen LogP contribution is -2.45. The molecule has 2 unspecified atom stereocenters. The van der Waals surface area contributed by atoms with E-state index in [9.17, 15) is 15.0 Å². The van der Waals surface area contributed by atoms with Gasteiger partial charge < -0.3 is 15.5 Å². The molecule has 0 aromatic carbocycles. The second-order valence-corrected chi connectivity index (χ2v) is 7.29. The first-order valence-corrected chi connectivity index (χ1v) is 11.1. The Bertz CT molecular complexity index is 337. The number of rotatable bonds is 17. The third-order valence-corrected chi connectivity index (χ3v) is 4.89. The van der Waals surface area contributed by atoms with Crippen molar-refractivity contribution in [1.82, 2.24) is 5.32 Å². The van der Waals surface area contributed by atoms with Gasteiger partial charge in [-0.3, -0.25) is 4.79 Å². The SMILES string of the molecule is CCCCCCCCCCCCCC=CC(O)C(CO)NC(=O)CBr. The molecular formula is C20H38BrNO3. The molecule has 148 valence electrons. The Hall–Kier alpha value is -0.390. The topological polar surface area (TPSA) is 69.6 Å². The molecular weight excluding hydrogens is 382 g/mol. The molecule has 0 spiro atoms. The average molecular weight is 420 g/mol. The number of amides is 1. The highest BCUT2D eigenvalue weighted by Gasteiger charge is 2.17. The molecule has 0 aromatic rings. The van der Waals surface area contributed by atoms with Gasteiger partial charge in [0, 0.05) is 0 Å². The molecule has 0 aliphatic carbocycles. The van der Waals surface area contributed by atoms with Crippen molar-refractivity contribution in [3.05, 3.63) is 12.2 Å². The number of aliphatic hydroxyl groups is 2. The summed E-state index contributed by atoms with van der Waals surface area (Å²) in [5.41, 5.74) is 0. The van der Waals surface area contributed by atoms with E-state index in [0.29, 0.717) is 0 Å². The van der Waals surface area contributed by atoms with Crippen molar-refractivity contribution in [1.29, 1.82) is 0 Å². The molecule has 0 radical (unpaired) electrons. The summed E-state index contributed by atoms with van der Waals surface area (Å²) in [5, 5.41) is 21.9. The first-order chi connectivity index (χ1) is 12.2. The Balaban J connectivity index is 3.54. The zero-order valence-corrected chi connectivity index (χ0v) is 17.5. The van der Waals surface area contributed by atoms with Crippen molar-refractivity contribution < 1.29 is 15.0 Å². The molecule has 4 nitrogen and oxygen atoms in total. The summed E-state index contributed by atoms with van der Waals surface area (Å²) in [6.45, 7) is 1.98. The second-order valence-electron chi connectivity index (χ2n) is 6.73. The van der Waals surface area contributed by atoms with E-state index in [1.54, 1.807) is 6.08 Å². The van der Waals surface area contributed by atoms with Gasteiger partial charge in [-0.05, 0) is 12.8 Å². The van der Waals surface area contributed by atoms with Gasteiger partial charge in [0.1, 0.15) is 0 Å². The molecule has 3 N–H and O–H groups in total. The molecule has 0 rings (SSSR count). The molecule has 0 aliphatic rings. The molecule has 0 aliphatic heterocycles. The number of carbonyl (C=O) groups is 1. The summed E-state index contributed by atoms with van der Waals surface area (Å²) in [5.74, 6) is -0.239. The van der Waals surface area contributed by atoms with Crippen molar-refractivity contribution in [2.24, 2.45) is 0 Å². The Labute approximate surface area is 162 Å². The van der Waals surface area contributed by atoms with E-state index in [2.05, 4.69) is 28.2 Å². The number of alkyl halides is 1. The van der Waals surface area contributed by atoms with Gasteiger partial charge >= 0.3 is 0 Å². The molecule has 0 heterocycles. The number of nitrogens with one attached hydrogen (secondary N) is 1. The largest absolute Gasteiger partial charge is 0.394 e. The van der Waals surface area contributed by atoms with Crippen LogP contribution in [0.2, 0.25) is 0 Å². The summed E-state index contributed by atoms with van der Waals surface area (Å²) < 4.78 is 0. The molecule has 0 fully saturated rings. The van der Waals surface area contributed by atoms with Crippen LogP contribution in [-0.4, -0.2) is 40.2 Å². The fraction of sp³-hybridized carbons (Fsp3) is 0.850. The highest BCUT2D eigenvalue weighted by atomic mass is 79.9. The average Bonchev–Trinajstić information content (AvgIpc) is 2.63. The molecule has 0 saturated heterocycles. The number of hydrogen-bond acceptors (Lipinski definition) is 3. The van der Waals surface area contributed by atoms with Gasteiger partial charge in [0.05, 0.1) is 24.1 Å². The van der Waals surface area contributed by atoms with Crippen molar-refractivity contribution in [2.45, 2.75) is 96.1 Å². The summed E-state index contributed by atoms with van der Waals surface area (Å²) >= 11 is 3.05. The van der Waals surface area contributed by atoms with Gasteiger partial charge in [0.25, 0.3) is 0 Å². The van der Waals surface area contributed by atoms with E-state index < -0.39 is 12.1 Å². The highest BCUT2D eigenvalue weighted by molar-refractivity contribution is 9.09. The minimum Gasteiger partial charge on any atom is -0.394 e. The Morgan fingerprint density at radius 2 is 1.52 bits per heavy atom. The van der Waals surface area contributed by atoms with Crippen LogP contribution >= 0.6 is 15.9 Å². The summed E-state index contributed by atoms with van der Waals surface area (Å²) in [7, 11) is 0. The predicted octanol–water partition coefficient (Wildman–Crippen LogP) is 4.48. The van der Waals surface area contributed by atoms with Crippen molar-refractivity contribution >= 4 is 21.8 Å². The number of allylic oxidation sites excluding steroid dienone is 1. The summed E-state index contributed by atoms with van der Waals surface area (Å²) in [6, 6.07) is -0.640. The zero-order chi connectivity index (χ0) is 18.8. The minimum absolute atomic E-state index is 0.165. The van der Waals surface area contributed by atoms with Crippen LogP contribution in [0.3, 0.4) is 0 Å². The molecule has 0 saturated carbocycles. The highest BCUT2D eigenvalue weighted by Crippen LogP contribution is 2.12. The Morgan fingerprint density at radius 3 is 2.00 bits per heavy atom. The maximum atomic E-state index is 11.3. The number of carbonyl (C=O) groups excluding carboxylic acids is 1. The Kier molecular flexibility index (Phi) is 18.1. The fourth-order valence-electron chi connectivity index (χ4n) is 2.78. The van der Waals surface area contributed by atoms with E-state index in [4.69, 9.17) is 0 Å². The quantitative estimate of drug-likeness (QED) is 0.185. The van der Waals surface area contributed by atoms with Gasteiger partial charge in [-0.25, -0.2) is 0 Å².